The van der Waals surface area contributed by atoms with E-state index >= 15 is 0 Å². The third kappa shape index (κ3) is 3.96. The van der Waals surface area contributed by atoms with E-state index < -0.39 is 0 Å². The van der Waals surface area contributed by atoms with E-state index in [1.165, 1.54) is 11.1 Å². The van der Waals surface area contributed by atoms with E-state index in [1.54, 1.807) is 6.20 Å². The van der Waals surface area contributed by atoms with Gasteiger partial charge in [0, 0.05) is 13.1 Å². The number of rotatable bonds is 7. The van der Waals surface area contributed by atoms with Gasteiger partial charge in [-0.25, -0.2) is 4.68 Å². The Morgan fingerprint density at radius 2 is 2.45 bits per heavy atom. The standard InChI is InChI=1S/C14H23ClN4O/c1-2-3-8-19-14(20)13(15)12(10-18-19)17-7-5-11-4-6-16-9-11/h10-11,16-17H,2-9H2,1H3. The molecule has 2 heterocycles. The lowest BCUT2D eigenvalue weighted by Gasteiger charge is -2.12. The Bertz CT molecular complexity index is 483. The molecule has 1 aliphatic rings. The van der Waals surface area contributed by atoms with Crippen LogP contribution in [0.1, 0.15) is 32.6 Å². The maximum absolute atomic E-state index is 12.0. The second-order valence-corrected chi connectivity index (χ2v) is 5.71. The van der Waals surface area contributed by atoms with Gasteiger partial charge in [-0.15, -0.1) is 0 Å². The number of hydrogen-bond acceptors (Lipinski definition) is 4. The van der Waals surface area contributed by atoms with Gasteiger partial charge in [-0.05, 0) is 38.3 Å². The number of aryl methyl sites for hydroxylation is 1. The maximum Gasteiger partial charge on any atom is 0.287 e. The summed E-state index contributed by atoms with van der Waals surface area (Å²) in [7, 11) is 0. The lowest BCUT2D eigenvalue weighted by atomic mass is 10.1. The summed E-state index contributed by atoms with van der Waals surface area (Å²) in [5, 5.41) is 11.0. The minimum atomic E-state index is -0.201. The number of nitrogens with one attached hydrogen (secondary N) is 2. The smallest absolute Gasteiger partial charge is 0.287 e. The van der Waals surface area contributed by atoms with Crippen LogP contribution in [0.2, 0.25) is 5.02 Å². The largest absolute Gasteiger partial charge is 0.382 e. The van der Waals surface area contributed by atoms with E-state index in [9.17, 15) is 4.79 Å². The number of hydrogen-bond donors (Lipinski definition) is 2. The van der Waals surface area contributed by atoms with Gasteiger partial charge < -0.3 is 10.6 Å². The first kappa shape index (κ1) is 15.3. The van der Waals surface area contributed by atoms with Gasteiger partial charge in [0.25, 0.3) is 5.56 Å². The Labute approximate surface area is 124 Å². The highest BCUT2D eigenvalue weighted by Gasteiger charge is 2.14. The maximum atomic E-state index is 12.0. The van der Waals surface area contributed by atoms with E-state index in [-0.39, 0.29) is 10.6 Å². The summed E-state index contributed by atoms with van der Waals surface area (Å²) in [6, 6.07) is 0. The Balaban J connectivity index is 1.91. The molecular weight excluding hydrogens is 276 g/mol. The molecule has 112 valence electrons. The molecule has 1 atom stereocenters. The van der Waals surface area contributed by atoms with Crippen molar-refractivity contribution in [3.05, 3.63) is 21.6 Å². The molecule has 1 aromatic heterocycles. The Kier molecular flexibility index (Phi) is 5.86. The fourth-order valence-corrected chi connectivity index (χ4v) is 2.64. The predicted octanol–water partition coefficient (Wildman–Crippen LogP) is 2.11. The Morgan fingerprint density at radius 3 is 3.15 bits per heavy atom. The van der Waals surface area contributed by atoms with Crippen molar-refractivity contribution in [2.24, 2.45) is 5.92 Å². The molecule has 1 fully saturated rings. The quantitative estimate of drug-likeness (QED) is 0.809. The van der Waals surface area contributed by atoms with Gasteiger partial charge >= 0.3 is 0 Å². The van der Waals surface area contributed by atoms with E-state index in [4.69, 9.17) is 11.6 Å². The number of nitrogens with zero attached hydrogens (tertiary/aromatic N) is 2. The summed E-state index contributed by atoms with van der Waals surface area (Å²) in [6.45, 7) is 5.74. The molecule has 0 bridgehead atoms. The van der Waals surface area contributed by atoms with Crippen LogP contribution in [0, 0.1) is 5.92 Å². The van der Waals surface area contributed by atoms with Crippen LogP contribution in [0.4, 0.5) is 5.69 Å². The van der Waals surface area contributed by atoms with Crippen LogP contribution in [0.25, 0.3) is 0 Å². The minimum absolute atomic E-state index is 0.201. The van der Waals surface area contributed by atoms with Crippen LogP contribution >= 0.6 is 11.6 Å². The fourth-order valence-electron chi connectivity index (χ4n) is 2.43. The molecule has 5 nitrogen and oxygen atoms in total. The zero-order chi connectivity index (χ0) is 14.4. The second-order valence-electron chi connectivity index (χ2n) is 5.33. The molecule has 0 aliphatic carbocycles. The van der Waals surface area contributed by atoms with Gasteiger partial charge in [0.1, 0.15) is 5.02 Å². The molecule has 0 amide bonds. The molecule has 0 spiro atoms. The zero-order valence-corrected chi connectivity index (χ0v) is 12.7. The van der Waals surface area contributed by atoms with Crippen LogP contribution < -0.4 is 16.2 Å². The van der Waals surface area contributed by atoms with Crippen molar-refractivity contribution in [1.82, 2.24) is 15.1 Å². The molecule has 0 radical (unpaired) electrons. The molecule has 1 saturated heterocycles. The van der Waals surface area contributed by atoms with E-state index in [1.807, 2.05) is 0 Å². The Morgan fingerprint density at radius 1 is 1.60 bits per heavy atom. The molecule has 1 aliphatic heterocycles. The SMILES string of the molecule is CCCCn1ncc(NCCC2CCNC2)c(Cl)c1=O. The molecule has 20 heavy (non-hydrogen) atoms. The summed E-state index contributed by atoms with van der Waals surface area (Å²) < 4.78 is 1.44. The summed E-state index contributed by atoms with van der Waals surface area (Å²) in [5.74, 6) is 0.721. The average molecular weight is 299 g/mol. The minimum Gasteiger partial charge on any atom is -0.382 e. The normalized spacial score (nSPS) is 18.4. The van der Waals surface area contributed by atoms with Crippen LogP contribution in [0.15, 0.2) is 11.0 Å². The van der Waals surface area contributed by atoms with Gasteiger partial charge in [0.2, 0.25) is 0 Å². The van der Waals surface area contributed by atoms with E-state index in [0.717, 1.165) is 44.8 Å². The number of aromatic nitrogens is 2. The average Bonchev–Trinajstić information content (AvgIpc) is 2.96. The monoisotopic (exact) mass is 298 g/mol. The highest BCUT2D eigenvalue weighted by molar-refractivity contribution is 6.32. The zero-order valence-electron chi connectivity index (χ0n) is 12.0. The predicted molar refractivity (Wildman–Crippen MR) is 82.5 cm³/mol. The first-order valence-corrected chi connectivity index (χ1v) is 7.80. The first-order valence-electron chi connectivity index (χ1n) is 7.42. The van der Waals surface area contributed by atoms with E-state index in [2.05, 4.69) is 22.7 Å². The number of halogens is 1. The van der Waals surface area contributed by atoms with Gasteiger partial charge in [-0.2, -0.15) is 5.10 Å². The van der Waals surface area contributed by atoms with Gasteiger partial charge in [0.05, 0.1) is 11.9 Å². The van der Waals surface area contributed by atoms with Crippen LogP contribution in [-0.2, 0) is 6.54 Å². The van der Waals surface area contributed by atoms with Crippen molar-refractivity contribution in [2.75, 3.05) is 25.0 Å². The van der Waals surface area contributed by atoms with Crippen LogP contribution in [-0.4, -0.2) is 29.4 Å². The summed E-state index contributed by atoms with van der Waals surface area (Å²) in [4.78, 5) is 12.0. The molecule has 1 aromatic rings. The molecule has 2 rings (SSSR count). The summed E-state index contributed by atoms with van der Waals surface area (Å²) in [5.41, 5.74) is 0.447. The van der Waals surface area contributed by atoms with Crippen molar-refractivity contribution in [2.45, 2.75) is 39.2 Å². The van der Waals surface area contributed by atoms with Gasteiger partial charge in [-0.3, -0.25) is 4.79 Å². The van der Waals surface area contributed by atoms with Gasteiger partial charge in [-0.1, -0.05) is 24.9 Å². The number of anilines is 1. The van der Waals surface area contributed by atoms with Crippen molar-refractivity contribution in [1.29, 1.82) is 0 Å². The van der Waals surface area contributed by atoms with Crippen LogP contribution in [0.5, 0.6) is 0 Å². The van der Waals surface area contributed by atoms with E-state index in [0.29, 0.717) is 12.2 Å². The number of unbranched alkanes of at least 4 members (excludes halogenated alkanes) is 1. The third-order valence-corrected chi connectivity index (χ3v) is 4.10. The molecule has 0 aromatic carbocycles. The first-order chi connectivity index (χ1) is 9.72. The molecule has 0 saturated carbocycles. The molecule has 6 heteroatoms. The van der Waals surface area contributed by atoms with Crippen molar-refractivity contribution >= 4 is 17.3 Å². The molecule has 1 unspecified atom stereocenters. The van der Waals surface area contributed by atoms with Crippen molar-refractivity contribution in [3.63, 3.8) is 0 Å². The highest BCUT2D eigenvalue weighted by atomic mass is 35.5. The van der Waals surface area contributed by atoms with Crippen LogP contribution in [0.3, 0.4) is 0 Å². The fraction of sp³-hybridized carbons (Fsp3) is 0.714. The lowest BCUT2D eigenvalue weighted by molar-refractivity contribution is 0.540. The molecule has 2 N–H and O–H groups in total. The lowest BCUT2D eigenvalue weighted by Crippen LogP contribution is -2.24. The van der Waals surface area contributed by atoms with Crippen molar-refractivity contribution in [3.8, 4) is 0 Å². The third-order valence-electron chi connectivity index (χ3n) is 3.74. The molecular formula is C14H23ClN4O. The summed E-state index contributed by atoms with van der Waals surface area (Å²) >= 11 is 6.12. The topological polar surface area (TPSA) is 59.0 Å². The Hall–Kier alpha value is -1.07. The highest BCUT2D eigenvalue weighted by Crippen LogP contribution is 2.17. The second kappa shape index (κ2) is 7.64. The van der Waals surface area contributed by atoms with Crippen molar-refractivity contribution < 1.29 is 0 Å². The van der Waals surface area contributed by atoms with Gasteiger partial charge in [0.15, 0.2) is 0 Å². The summed E-state index contributed by atoms with van der Waals surface area (Å²) in [6.07, 6.45) is 5.94.